The quantitative estimate of drug-likeness (QED) is 0.525. The maximum absolute atomic E-state index is 12.6. The zero-order valence-electron chi connectivity index (χ0n) is 15.1. The molecule has 2 aromatic carbocycles. The van der Waals surface area contributed by atoms with Crippen LogP contribution in [0.5, 0.6) is 0 Å². The highest BCUT2D eigenvalue weighted by atomic mass is 32.2. The summed E-state index contributed by atoms with van der Waals surface area (Å²) in [4.78, 5) is 8.87. The number of anilines is 3. The number of nitrogens with one attached hydrogen (secondary N) is 2. The van der Waals surface area contributed by atoms with E-state index in [1.54, 1.807) is 55.7 Å². The molecule has 28 heavy (non-hydrogen) atoms. The summed E-state index contributed by atoms with van der Waals surface area (Å²) < 4.78 is 27.7. The molecule has 0 radical (unpaired) electrons. The van der Waals surface area contributed by atoms with E-state index in [-0.39, 0.29) is 10.7 Å². The Morgan fingerprint density at radius 3 is 2.46 bits per heavy atom. The Morgan fingerprint density at radius 1 is 0.857 bits per heavy atom. The number of pyridine rings is 2. The lowest BCUT2D eigenvalue weighted by Crippen LogP contribution is -2.15. The number of aromatic nitrogens is 2. The molecule has 2 aromatic heterocycles. The van der Waals surface area contributed by atoms with Crippen LogP contribution in [-0.2, 0) is 10.0 Å². The first-order valence-electron chi connectivity index (χ1n) is 8.68. The summed E-state index contributed by atoms with van der Waals surface area (Å²) >= 11 is 0. The summed E-state index contributed by atoms with van der Waals surface area (Å²) in [6, 6.07) is 20.0. The van der Waals surface area contributed by atoms with Crippen LogP contribution in [0, 0.1) is 6.92 Å². The molecule has 0 aliphatic carbocycles. The predicted molar refractivity (Wildman–Crippen MR) is 111 cm³/mol. The van der Waals surface area contributed by atoms with E-state index in [0.717, 1.165) is 22.3 Å². The number of nitrogens with zero attached hydrogens (tertiary/aromatic N) is 2. The van der Waals surface area contributed by atoms with Crippen molar-refractivity contribution in [3.05, 3.63) is 84.7 Å². The van der Waals surface area contributed by atoms with E-state index >= 15 is 0 Å². The van der Waals surface area contributed by atoms with Crippen LogP contribution in [0.15, 0.2) is 84.0 Å². The SMILES string of the molecule is Cc1ccccc1S(=O)(=O)Nc1ccc(Nc2cccc3cccnc23)cn1. The molecule has 2 heterocycles. The maximum atomic E-state index is 12.6. The van der Waals surface area contributed by atoms with Gasteiger partial charge >= 0.3 is 0 Å². The molecule has 0 aliphatic rings. The van der Waals surface area contributed by atoms with Gasteiger partial charge in [-0.25, -0.2) is 13.4 Å². The van der Waals surface area contributed by atoms with Crippen LogP contribution in [0.3, 0.4) is 0 Å². The second-order valence-electron chi connectivity index (χ2n) is 6.31. The fourth-order valence-corrected chi connectivity index (χ4v) is 4.20. The van der Waals surface area contributed by atoms with E-state index in [1.165, 1.54) is 0 Å². The van der Waals surface area contributed by atoms with Crippen molar-refractivity contribution in [3.63, 3.8) is 0 Å². The molecule has 0 saturated carbocycles. The molecule has 4 rings (SSSR count). The highest BCUT2D eigenvalue weighted by Crippen LogP contribution is 2.25. The normalized spacial score (nSPS) is 11.3. The molecule has 4 aromatic rings. The van der Waals surface area contributed by atoms with Gasteiger partial charge in [-0.2, -0.15) is 0 Å². The van der Waals surface area contributed by atoms with E-state index in [1.807, 2.05) is 30.3 Å². The Bertz CT molecular complexity index is 1230. The second-order valence-corrected chi connectivity index (χ2v) is 7.96. The van der Waals surface area contributed by atoms with Gasteiger partial charge in [0.25, 0.3) is 10.0 Å². The summed E-state index contributed by atoms with van der Waals surface area (Å²) in [5, 5.41) is 4.31. The number of hydrogen-bond acceptors (Lipinski definition) is 5. The van der Waals surface area contributed by atoms with Crippen molar-refractivity contribution in [2.75, 3.05) is 10.0 Å². The minimum atomic E-state index is -3.69. The van der Waals surface area contributed by atoms with Gasteiger partial charge in [0.2, 0.25) is 0 Å². The van der Waals surface area contributed by atoms with Gasteiger partial charge in [-0.05, 0) is 42.8 Å². The molecule has 0 fully saturated rings. The molecule has 6 nitrogen and oxygen atoms in total. The topological polar surface area (TPSA) is 84.0 Å². The highest BCUT2D eigenvalue weighted by molar-refractivity contribution is 7.92. The van der Waals surface area contributed by atoms with Gasteiger partial charge in [0.05, 0.1) is 28.0 Å². The summed E-state index contributed by atoms with van der Waals surface area (Å²) in [7, 11) is -3.69. The minimum Gasteiger partial charge on any atom is -0.352 e. The van der Waals surface area contributed by atoms with Gasteiger partial charge < -0.3 is 5.32 Å². The Morgan fingerprint density at radius 2 is 1.68 bits per heavy atom. The monoisotopic (exact) mass is 390 g/mol. The molecular weight excluding hydrogens is 372 g/mol. The summed E-state index contributed by atoms with van der Waals surface area (Å²) in [5.41, 5.74) is 3.12. The lowest BCUT2D eigenvalue weighted by molar-refractivity contribution is 0.600. The summed E-state index contributed by atoms with van der Waals surface area (Å²) in [5.74, 6) is 0.254. The largest absolute Gasteiger partial charge is 0.352 e. The molecule has 0 atom stereocenters. The fraction of sp³-hybridized carbons (Fsp3) is 0.0476. The third kappa shape index (κ3) is 3.65. The second kappa shape index (κ2) is 7.28. The van der Waals surface area contributed by atoms with Crippen molar-refractivity contribution in [1.29, 1.82) is 0 Å². The van der Waals surface area contributed by atoms with E-state index < -0.39 is 10.0 Å². The smallest absolute Gasteiger partial charge is 0.263 e. The summed E-state index contributed by atoms with van der Waals surface area (Å²) in [6.07, 6.45) is 3.33. The first-order valence-corrected chi connectivity index (χ1v) is 10.2. The first-order chi connectivity index (χ1) is 13.5. The Kier molecular flexibility index (Phi) is 4.67. The molecule has 0 bridgehead atoms. The van der Waals surface area contributed by atoms with Crippen LogP contribution in [0.2, 0.25) is 0 Å². The molecule has 0 aliphatic heterocycles. The van der Waals surface area contributed by atoms with Gasteiger partial charge in [0.1, 0.15) is 5.82 Å². The fourth-order valence-electron chi connectivity index (χ4n) is 2.94. The average Bonchev–Trinajstić information content (AvgIpc) is 2.70. The van der Waals surface area contributed by atoms with Crippen LogP contribution in [0.25, 0.3) is 10.9 Å². The van der Waals surface area contributed by atoms with Gasteiger partial charge in [-0.3, -0.25) is 9.71 Å². The van der Waals surface area contributed by atoms with Crippen LogP contribution < -0.4 is 10.0 Å². The maximum Gasteiger partial charge on any atom is 0.263 e. The van der Waals surface area contributed by atoms with Crippen molar-refractivity contribution in [1.82, 2.24) is 9.97 Å². The number of sulfonamides is 1. The van der Waals surface area contributed by atoms with Crippen molar-refractivity contribution in [3.8, 4) is 0 Å². The van der Waals surface area contributed by atoms with Gasteiger partial charge in [0.15, 0.2) is 0 Å². The zero-order chi connectivity index (χ0) is 19.6. The number of fused-ring (bicyclic) bond motifs is 1. The Labute approximate surface area is 163 Å². The number of aryl methyl sites for hydroxylation is 1. The van der Waals surface area contributed by atoms with Crippen molar-refractivity contribution < 1.29 is 8.42 Å². The minimum absolute atomic E-state index is 0.237. The molecule has 0 amide bonds. The number of hydrogen-bond donors (Lipinski definition) is 2. The average molecular weight is 390 g/mol. The van der Waals surface area contributed by atoms with Crippen molar-refractivity contribution in [2.45, 2.75) is 11.8 Å². The summed E-state index contributed by atoms with van der Waals surface area (Å²) in [6.45, 7) is 1.76. The number of benzene rings is 2. The Hall–Kier alpha value is -3.45. The van der Waals surface area contributed by atoms with E-state index in [2.05, 4.69) is 20.0 Å². The third-order valence-corrected chi connectivity index (χ3v) is 5.81. The lowest BCUT2D eigenvalue weighted by atomic mass is 10.2. The van der Waals surface area contributed by atoms with E-state index in [4.69, 9.17) is 0 Å². The molecule has 7 heteroatoms. The molecule has 0 saturated heterocycles. The lowest BCUT2D eigenvalue weighted by Gasteiger charge is -2.11. The Balaban J connectivity index is 1.55. The number of rotatable bonds is 5. The van der Waals surface area contributed by atoms with Gasteiger partial charge in [-0.15, -0.1) is 0 Å². The van der Waals surface area contributed by atoms with Crippen molar-refractivity contribution >= 4 is 38.1 Å². The standard InChI is InChI=1S/C21H18N4O2S/c1-15-6-2-3-10-19(15)28(26,27)25-20-12-11-17(14-23-20)24-18-9-4-7-16-8-5-13-22-21(16)18/h2-14,24H,1H3,(H,23,25). The number of para-hydroxylation sites is 1. The van der Waals surface area contributed by atoms with Gasteiger partial charge in [0, 0.05) is 11.6 Å². The molecule has 2 N–H and O–H groups in total. The van der Waals surface area contributed by atoms with Crippen LogP contribution in [0.4, 0.5) is 17.2 Å². The molecule has 0 unspecified atom stereocenters. The van der Waals surface area contributed by atoms with Crippen LogP contribution in [0.1, 0.15) is 5.56 Å². The van der Waals surface area contributed by atoms with E-state index in [0.29, 0.717) is 5.56 Å². The van der Waals surface area contributed by atoms with E-state index in [9.17, 15) is 8.42 Å². The first kappa shape index (κ1) is 17.9. The van der Waals surface area contributed by atoms with Crippen molar-refractivity contribution in [2.24, 2.45) is 0 Å². The third-order valence-electron chi connectivity index (χ3n) is 4.30. The van der Waals surface area contributed by atoms with Crippen LogP contribution >= 0.6 is 0 Å². The van der Waals surface area contributed by atoms with Gasteiger partial charge in [-0.1, -0.05) is 36.4 Å². The zero-order valence-corrected chi connectivity index (χ0v) is 15.9. The molecular formula is C21H18N4O2S. The predicted octanol–water partition coefficient (Wildman–Crippen LogP) is 4.48. The molecule has 0 spiro atoms. The highest BCUT2D eigenvalue weighted by Gasteiger charge is 2.16. The molecule has 140 valence electrons. The van der Waals surface area contributed by atoms with Crippen LogP contribution in [-0.4, -0.2) is 18.4 Å².